The molecule has 0 saturated carbocycles. The zero-order valence-electron chi connectivity index (χ0n) is 13.1. The highest BCUT2D eigenvalue weighted by Crippen LogP contribution is 2.21. The fourth-order valence-electron chi connectivity index (χ4n) is 2.95. The zero-order chi connectivity index (χ0) is 14.4. The summed E-state index contributed by atoms with van der Waals surface area (Å²) in [6.45, 7) is 7.97. The van der Waals surface area contributed by atoms with Gasteiger partial charge in [0.05, 0.1) is 7.11 Å². The molecule has 3 nitrogen and oxygen atoms in total. The van der Waals surface area contributed by atoms with Crippen LogP contribution >= 0.6 is 0 Å². The number of hydrogen-bond acceptors (Lipinski definition) is 3. The molecule has 1 aromatic carbocycles. The van der Waals surface area contributed by atoms with Crippen molar-refractivity contribution in [1.82, 2.24) is 10.2 Å². The second-order valence-electron chi connectivity index (χ2n) is 5.84. The highest BCUT2D eigenvalue weighted by molar-refractivity contribution is 5.27. The van der Waals surface area contributed by atoms with Gasteiger partial charge in [0.25, 0.3) is 0 Å². The number of rotatable bonds is 6. The first kappa shape index (κ1) is 15.3. The normalized spacial score (nSPS) is 23.8. The lowest BCUT2D eigenvalue weighted by Crippen LogP contribution is -2.47. The van der Waals surface area contributed by atoms with E-state index < -0.39 is 0 Å². The van der Waals surface area contributed by atoms with E-state index in [9.17, 15) is 0 Å². The molecule has 0 bridgehead atoms. The summed E-state index contributed by atoms with van der Waals surface area (Å²) in [5.74, 6) is 0.935. The van der Waals surface area contributed by atoms with E-state index in [4.69, 9.17) is 4.74 Å². The summed E-state index contributed by atoms with van der Waals surface area (Å²) in [5.41, 5.74) is 1.37. The average molecular weight is 276 g/mol. The van der Waals surface area contributed by atoms with Gasteiger partial charge in [-0.15, -0.1) is 0 Å². The smallest absolute Gasteiger partial charge is 0.118 e. The SMILES string of the molecule is CCCNC1CCN(Cc2ccc(OC)cc2)C(C)C1. The molecule has 0 amide bonds. The molecule has 2 atom stereocenters. The standard InChI is InChI=1S/C17H28N2O/c1-4-10-18-16-9-11-19(14(2)12-16)13-15-5-7-17(20-3)8-6-15/h5-8,14,16,18H,4,9-13H2,1-3H3. The Labute approximate surface area is 123 Å². The molecule has 3 heteroatoms. The second kappa shape index (κ2) is 7.65. The van der Waals surface area contributed by atoms with Gasteiger partial charge >= 0.3 is 0 Å². The molecule has 2 rings (SSSR count). The second-order valence-corrected chi connectivity index (χ2v) is 5.84. The number of piperidine rings is 1. The highest BCUT2D eigenvalue weighted by Gasteiger charge is 2.24. The average Bonchev–Trinajstić information content (AvgIpc) is 2.48. The van der Waals surface area contributed by atoms with Crippen LogP contribution in [0.2, 0.25) is 0 Å². The molecular formula is C17H28N2O. The van der Waals surface area contributed by atoms with E-state index >= 15 is 0 Å². The van der Waals surface area contributed by atoms with Crippen molar-refractivity contribution >= 4 is 0 Å². The molecule has 1 heterocycles. The summed E-state index contributed by atoms with van der Waals surface area (Å²) in [7, 11) is 1.71. The molecule has 0 aliphatic carbocycles. The van der Waals surface area contributed by atoms with Gasteiger partial charge in [-0.25, -0.2) is 0 Å². The van der Waals surface area contributed by atoms with Crippen molar-refractivity contribution in [3.63, 3.8) is 0 Å². The molecule has 1 fully saturated rings. The first-order valence-corrected chi connectivity index (χ1v) is 7.83. The van der Waals surface area contributed by atoms with Crippen LogP contribution in [0.3, 0.4) is 0 Å². The Hall–Kier alpha value is -1.06. The summed E-state index contributed by atoms with van der Waals surface area (Å²) in [6.07, 6.45) is 3.75. The maximum atomic E-state index is 5.21. The number of nitrogens with one attached hydrogen (secondary N) is 1. The van der Waals surface area contributed by atoms with Gasteiger partial charge in [-0.1, -0.05) is 19.1 Å². The lowest BCUT2D eigenvalue weighted by atomic mass is 9.97. The van der Waals surface area contributed by atoms with Gasteiger partial charge < -0.3 is 10.1 Å². The Kier molecular flexibility index (Phi) is 5.86. The third-order valence-electron chi connectivity index (χ3n) is 4.24. The van der Waals surface area contributed by atoms with Gasteiger partial charge in [0.1, 0.15) is 5.75 Å². The molecule has 0 radical (unpaired) electrons. The predicted octanol–water partition coefficient (Wildman–Crippen LogP) is 3.05. The minimum Gasteiger partial charge on any atom is -0.497 e. The topological polar surface area (TPSA) is 24.5 Å². The first-order valence-electron chi connectivity index (χ1n) is 7.83. The molecule has 112 valence electrons. The van der Waals surface area contributed by atoms with E-state index in [1.54, 1.807) is 7.11 Å². The molecule has 1 saturated heterocycles. The van der Waals surface area contributed by atoms with Gasteiger partial charge in [0.2, 0.25) is 0 Å². The summed E-state index contributed by atoms with van der Waals surface area (Å²) in [5, 5.41) is 3.66. The van der Waals surface area contributed by atoms with Crippen LogP contribution in [0.1, 0.15) is 38.7 Å². The number of nitrogens with zero attached hydrogens (tertiary/aromatic N) is 1. The van der Waals surface area contributed by atoms with Crippen LogP contribution in [0.25, 0.3) is 0 Å². The van der Waals surface area contributed by atoms with Crippen molar-refractivity contribution in [3.8, 4) is 5.75 Å². The number of likely N-dealkylation sites (tertiary alicyclic amines) is 1. The Bertz CT molecular complexity index is 390. The molecule has 1 aliphatic rings. The quantitative estimate of drug-likeness (QED) is 0.864. The molecule has 1 N–H and O–H groups in total. The highest BCUT2D eigenvalue weighted by atomic mass is 16.5. The minimum atomic E-state index is 0.653. The summed E-state index contributed by atoms with van der Waals surface area (Å²) >= 11 is 0. The van der Waals surface area contributed by atoms with E-state index in [0.717, 1.165) is 18.8 Å². The van der Waals surface area contributed by atoms with Crippen LogP contribution in [0.15, 0.2) is 24.3 Å². The maximum Gasteiger partial charge on any atom is 0.118 e. The van der Waals surface area contributed by atoms with Gasteiger partial charge in [-0.3, -0.25) is 4.90 Å². The van der Waals surface area contributed by atoms with Crippen molar-refractivity contribution in [2.75, 3.05) is 20.2 Å². The van der Waals surface area contributed by atoms with Crippen molar-refractivity contribution < 1.29 is 4.74 Å². The maximum absolute atomic E-state index is 5.21. The largest absolute Gasteiger partial charge is 0.497 e. The Balaban J connectivity index is 1.84. The Morgan fingerprint density at radius 1 is 1.30 bits per heavy atom. The summed E-state index contributed by atoms with van der Waals surface area (Å²) < 4.78 is 5.21. The molecule has 1 aliphatic heterocycles. The number of benzene rings is 1. The van der Waals surface area contributed by atoms with Crippen molar-refractivity contribution in [2.45, 2.75) is 51.7 Å². The fraction of sp³-hybridized carbons (Fsp3) is 0.647. The molecule has 1 aromatic rings. The van der Waals surface area contributed by atoms with Gasteiger partial charge in [0.15, 0.2) is 0 Å². The van der Waals surface area contributed by atoms with Crippen LogP contribution in [0.5, 0.6) is 5.75 Å². The lowest BCUT2D eigenvalue weighted by Gasteiger charge is -2.38. The lowest BCUT2D eigenvalue weighted by molar-refractivity contribution is 0.129. The van der Waals surface area contributed by atoms with Crippen LogP contribution < -0.4 is 10.1 Å². The molecular weight excluding hydrogens is 248 g/mol. The van der Waals surface area contributed by atoms with Gasteiger partial charge in [-0.05, 0) is 50.4 Å². The van der Waals surface area contributed by atoms with Crippen LogP contribution in [0, 0.1) is 0 Å². The van der Waals surface area contributed by atoms with E-state index in [1.165, 1.54) is 31.4 Å². The number of methoxy groups -OCH3 is 1. The molecule has 0 spiro atoms. The number of ether oxygens (including phenoxy) is 1. The molecule has 2 unspecified atom stereocenters. The predicted molar refractivity (Wildman–Crippen MR) is 84.2 cm³/mol. The molecule has 20 heavy (non-hydrogen) atoms. The van der Waals surface area contributed by atoms with Crippen LogP contribution in [-0.4, -0.2) is 37.2 Å². The van der Waals surface area contributed by atoms with E-state index in [1.807, 2.05) is 0 Å². The van der Waals surface area contributed by atoms with Crippen molar-refractivity contribution in [1.29, 1.82) is 0 Å². The minimum absolute atomic E-state index is 0.653. The van der Waals surface area contributed by atoms with Crippen LogP contribution in [0.4, 0.5) is 0 Å². The zero-order valence-corrected chi connectivity index (χ0v) is 13.1. The third kappa shape index (κ3) is 4.22. The fourth-order valence-corrected chi connectivity index (χ4v) is 2.95. The van der Waals surface area contributed by atoms with E-state index in [2.05, 4.69) is 48.3 Å². The van der Waals surface area contributed by atoms with Crippen molar-refractivity contribution in [3.05, 3.63) is 29.8 Å². The monoisotopic (exact) mass is 276 g/mol. The van der Waals surface area contributed by atoms with E-state index in [0.29, 0.717) is 12.1 Å². The summed E-state index contributed by atoms with van der Waals surface area (Å²) in [4.78, 5) is 2.59. The first-order chi connectivity index (χ1) is 9.72. The van der Waals surface area contributed by atoms with Gasteiger partial charge in [0, 0.05) is 25.2 Å². The molecule has 0 aromatic heterocycles. The van der Waals surface area contributed by atoms with Gasteiger partial charge in [-0.2, -0.15) is 0 Å². The van der Waals surface area contributed by atoms with E-state index in [-0.39, 0.29) is 0 Å². The number of hydrogen-bond donors (Lipinski definition) is 1. The van der Waals surface area contributed by atoms with Crippen LogP contribution in [-0.2, 0) is 6.54 Å². The third-order valence-corrected chi connectivity index (χ3v) is 4.24. The summed E-state index contributed by atoms with van der Waals surface area (Å²) in [6, 6.07) is 9.81. The van der Waals surface area contributed by atoms with Crippen molar-refractivity contribution in [2.24, 2.45) is 0 Å². The Morgan fingerprint density at radius 3 is 2.65 bits per heavy atom. The Morgan fingerprint density at radius 2 is 2.05 bits per heavy atom.